The van der Waals surface area contributed by atoms with Crippen LogP contribution in [-0.2, 0) is 4.74 Å². The number of carbonyl (C=O) groups is 2. The summed E-state index contributed by atoms with van der Waals surface area (Å²) in [6.07, 6.45) is 1.74. The zero-order chi connectivity index (χ0) is 16.3. The van der Waals surface area contributed by atoms with Gasteiger partial charge in [-0.3, -0.25) is 4.79 Å². The van der Waals surface area contributed by atoms with Crippen molar-refractivity contribution in [2.75, 3.05) is 6.61 Å². The first-order valence-electron chi connectivity index (χ1n) is 7.64. The van der Waals surface area contributed by atoms with E-state index in [1.165, 1.54) is 6.07 Å². The van der Waals surface area contributed by atoms with Crippen LogP contribution in [0.15, 0.2) is 18.2 Å². The third-order valence-corrected chi connectivity index (χ3v) is 3.98. The largest absolute Gasteiger partial charge is 0.478 e. The van der Waals surface area contributed by atoms with Crippen molar-refractivity contribution < 1.29 is 19.4 Å². The van der Waals surface area contributed by atoms with E-state index in [4.69, 9.17) is 9.84 Å². The fourth-order valence-corrected chi connectivity index (χ4v) is 2.73. The molecule has 0 aromatic heterocycles. The summed E-state index contributed by atoms with van der Waals surface area (Å²) in [5.41, 5.74) is 1.29. The SMILES string of the molecule is Cc1cc(C(=O)O)cc(C(=O)NC2CCOC(C(C)C)C2)c1. The Morgan fingerprint density at radius 1 is 1.27 bits per heavy atom. The van der Waals surface area contributed by atoms with E-state index in [1.807, 2.05) is 0 Å². The molecule has 1 fully saturated rings. The first-order valence-corrected chi connectivity index (χ1v) is 7.64. The van der Waals surface area contributed by atoms with E-state index in [-0.39, 0.29) is 23.6 Å². The van der Waals surface area contributed by atoms with Gasteiger partial charge < -0.3 is 15.2 Å². The molecule has 1 saturated heterocycles. The summed E-state index contributed by atoms with van der Waals surface area (Å²) in [6, 6.07) is 4.76. The van der Waals surface area contributed by atoms with Gasteiger partial charge in [-0.1, -0.05) is 13.8 Å². The Hall–Kier alpha value is -1.88. The molecule has 0 bridgehead atoms. The summed E-state index contributed by atoms with van der Waals surface area (Å²) < 4.78 is 5.70. The molecule has 2 unspecified atom stereocenters. The molecule has 0 radical (unpaired) electrons. The second-order valence-electron chi connectivity index (χ2n) is 6.24. The highest BCUT2D eigenvalue weighted by Crippen LogP contribution is 2.20. The molecule has 5 nitrogen and oxygen atoms in total. The average molecular weight is 305 g/mol. The predicted molar refractivity (Wildman–Crippen MR) is 83.2 cm³/mol. The van der Waals surface area contributed by atoms with E-state index in [0.29, 0.717) is 18.1 Å². The van der Waals surface area contributed by atoms with Crippen LogP contribution in [0.1, 0.15) is 53.0 Å². The number of amides is 1. The molecule has 1 amide bonds. The Morgan fingerprint density at radius 2 is 1.95 bits per heavy atom. The first kappa shape index (κ1) is 16.5. The van der Waals surface area contributed by atoms with Crippen molar-refractivity contribution in [1.82, 2.24) is 5.32 Å². The Kier molecular flexibility index (Phi) is 5.19. The molecule has 0 spiro atoms. The van der Waals surface area contributed by atoms with E-state index >= 15 is 0 Å². The number of hydrogen-bond acceptors (Lipinski definition) is 3. The predicted octanol–water partition coefficient (Wildman–Crippen LogP) is 2.63. The lowest BCUT2D eigenvalue weighted by Gasteiger charge is -2.32. The van der Waals surface area contributed by atoms with E-state index < -0.39 is 5.97 Å². The standard InChI is InChI=1S/C17H23NO4/c1-10(2)15-9-14(4-5-22-15)18-16(19)12-6-11(3)7-13(8-12)17(20)21/h6-8,10,14-15H,4-5,9H2,1-3H3,(H,18,19)(H,20,21). The van der Waals surface area contributed by atoms with Gasteiger partial charge in [-0.25, -0.2) is 4.79 Å². The van der Waals surface area contributed by atoms with Crippen molar-refractivity contribution in [2.24, 2.45) is 5.92 Å². The third-order valence-electron chi connectivity index (χ3n) is 3.98. The Labute approximate surface area is 130 Å². The van der Waals surface area contributed by atoms with Crippen LogP contribution in [0.3, 0.4) is 0 Å². The van der Waals surface area contributed by atoms with Gasteiger partial charge in [-0.05, 0) is 49.4 Å². The second kappa shape index (κ2) is 6.92. The maximum Gasteiger partial charge on any atom is 0.335 e. The minimum atomic E-state index is -1.02. The second-order valence-corrected chi connectivity index (χ2v) is 6.24. The number of hydrogen-bond donors (Lipinski definition) is 2. The fraction of sp³-hybridized carbons (Fsp3) is 0.529. The van der Waals surface area contributed by atoms with Crippen molar-refractivity contribution in [1.29, 1.82) is 0 Å². The molecule has 2 atom stereocenters. The van der Waals surface area contributed by atoms with Gasteiger partial charge in [-0.2, -0.15) is 0 Å². The highest BCUT2D eigenvalue weighted by atomic mass is 16.5. The maximum atomic E-state index is 12.4. The molecule has 5 heteroatoms. The van der Waals surface area contributed by atoms with E-state index in [9.17, 15) is 9.59 Å². The van der Waals surface area contributed by atoms with Crippen LogP contribution < -0.4 is 5.32 Å². The summed E-state index contributed by atoms with van der Waals surface area (Å²) in [7, 11) is 0. The minimum absolute atomic E-state index is 0.0717. The highest BCUT2D eigenvalue weighted by Gasteiger charge is 2.26. The maximum absolute atomic E-state index is 12.4. The summed E-state index contributed by atoms with van der Waals surface area (Å²) in [5, 5.41) is 12.1. The highest BCUT2D eigenvalue weighted by molar-refractivity contribution is 5.97. The molecule has 0 aliphatic carbocycles. The van der Waals surface area contributed by atoms with Crippen LogP contribution in [0.4, 0.5) is 0 Å². The minimum Gasteiger partial charge on any atom is -0.478 e. The lowest BCUT2D eigenvalue weighted by atomic mass is 9.95. The molecule has 22 heavy (non-hydrogen) atoms. The number of ether oxygens (including phenoxy) is 1. The number of rotatable bonds is 4. The number of benzene rings is 1. The number of carboxylic acid groups (broad SMARTS) is 1. The molecule has 2 N–H and O–H groups in total. The van der Waals surface area contributed by atoms with Crippen molar-refractivity contribution in [2.45, 2.75) is 45.8 Å². The molecule has 1 aromatic carbocycles. The normalized spacial score (nSPS) is 21.6. The van der Waals surface area contributed by atoms with Crippen LogP contribution in [0.2, 0.25) is 0 Å². The third kappa shape index (κ3) is 4.07. The monoisotopic (exact) mass is 305 g/mol. The molecule has 1 heterocycles. The number of carbonyl (C=O) groups excluding carboxylic acids is 1. The van der Waals surface area contributed by atoms with E-state index in [0.717, 1.165) is 18.4 Å². The number of nitrogens with one attached hydrogen (secondary N) is 1. The van der Waals surface area contributed by atoms with Crippen molar-refractivity contribution in [3.05, 3.63) is 34.9 Å². The van der Waals surface area contributed by atoms with Crippen LogP contribution in [0.5, 0.6) is 0 Å². The Balaban J connectivity index is 2.07. The lowest BCUT2D eigenvalue weighted by Crippen LogP contribution is -2.43. The zero-order valence-corrected chi connectivity index (χ0v) is 13.3. The molecule has 0 saturated carbocycles. The van der Waals surface area contributed by atoms with Crippen LogP contribution in [-0.4, -0.2) is 35.7 Å². The average Bonchev–Trinajstić information content (AvgIpc) is 2.46. The Morgan fingerprint density at radius 3 is 2.59 bits per heavy atom. The summed E-state index contributed by atoms with van der Waals surface area (Å²) in [6.45, 7) is 6.64. The fourth-order valence-electron chi connectivity index (χ4n) is 2.73. The molecular formula is C17H23NO4. The Bertz CT molecular complexity index is 568. The van der Waals surface area contributed by atoms with Crippen molar-refractivity contribution in [3.8, 4) is 0 Å². The molecule has 1 aliphatic rings. The van der Waals surface area contributed by atoms with Crippen LogP contribution in [0, 0.1) is 12.8 Å². The van der Waals surface area contributed by atoms with Gasteiger partial charge in [0.1, 0.15) is 0 Å². The van der Waals surface area contributed by atoms with Gasteiger partial charge in [0.05, 0.1) is 11.7 Å². The van der Waals surface area contributed by atoms with Crippen molar-refractivity contribution in [3.63, 3.8) is 0 Å². The molecular weight excluding hydrogens is 282 g/mol. The molecule has 120 valence electrons. The molecule has 1 aromatic rings. The lowest BCUT2D eigenvalue weighted by molar-refractivity contribution is -0.0233. The van der Waals surface area contributed by atoms with E-state index in [2.05, 4.69) is 19.2 Å². The smallest absolute Gasteiger partial charge is 0.335 e. The van der Waals surface area contributed by atoms with Gasteiger partial charge in [0.25, 0.3) is 5.91 Å². The van der Waals surface area contributed by atoms with Gasteiger partial charge in [0.2, 0.25) is 0 Å². The molecule has 2 rings (SSSR count). The zero-order valence-electron chi connectivity index (χ0n) is 13.3. The quantitative estimate of drug-likeness (QED) is 0.896. The van der Waals surface area contributed by atoms with Crippen molar-refractivity contribution >= 4 is 11.9 Å². The van der Waals surface area contributed by atoms with Gasteiger partial charge in [0, 0.05) is 18.2 Å². The van der Waals surface area contributed by atoms with Gasteiger partial charge >= 0.3 is 5.97 Å². The summed E-state index contributed by atoms with van der Waals surface area (Å²) in [4.78, 5) is 23.5. The van der Waals surface area contributed by atoms with E-state index in [1.54, 1.807) is 19.1 Å². The number of aromatic carboxylic acids is 1. The molecule has 1 aliphatic heterocycles. The first-order chi connectivity index (χ1) is 10.4. The van der Waals surface area contributed by atoms with Crippen LogP contribution in [0.25, 0.3) is 0 Å². The number of carboxylic acids is 1. The van der Waals surface area contributed by atoms with Crippen LogP contribution >= 0.6 is 0 Å². The van der Waals surface area contributed by atoms with Gasteiger partial charge in [-0.15, -0.1) is 0 Å². The topological polar surface area (TPSA) is 75.6 Å². The number of aryl methyl sites for hydroxylation is 1. The van der Waals surface area contributed by atoms with Gasteiger partial charge in [0.15, 0.2) is 0 Å². The summed E-state index contributed by atoms with van der Waals surface area (Å²) >= 11 is 0. The summed E-state index contributed by atoms with van der Waals surface area (Å²) in [5.74, 6) is -0.832.